The van der Waals surface area contributed by atoms with Crippen LogP contribution >= 0.6 is 37.1 Å². The fourth-order valence-corrected chi connectivity index (χ4v) is 5.03. The van der Waals surface area contributed by atoms with Crippen LogP contribution in [0.2, 0.25) is 0 Å². The van der Waals surface area contributed by atoms with E-state index in [4.69, 9.17) is 0 Å². The van der Waals surface area contributed by atoms with Crippen LogP contribution in [0, 0.1) is 3.57 Å². The van der Waals surface area contributed by atoms with Crippen LogP contribution in [-0.2, 0) is 3.07 Å². The Hall–Kier alpha value is -0.300. The lowest BCUT2D eigenvalue weighted by molar-refractivity contribution is 0.0952. The van der Waals surface area contributed by atoms with Crippen LogP contribution in [0.25, 0.3) is 0 Å². The lowest BCUT2D eigenvalue weighted by atomic mass is 10.0. The molecule has 0 unspecified atom stereocenters. The largest absolute Gasteiger partial charge is 0.352 e. The summed E-state index contributed by atoms with van der Waals surface area (Å²) in [6, 6.07) is 5.36. The topological polar surface area (TPSA) is 46.2 Å². The first-order valence-electron chi connectivity index (χ1n) is 12.0. The van der Waals surface area contributed by atoms with E-state index in [-0.39, 0.29) is 5.91 Å². The SMILES string of the molecule is CCCCCCCCCCCCCCCCCCNC(=O)c1cc(Br)ccc1I=O. The molecule has 1 aromatic carbocycles. The summed E-state index contributed by atoms with van der Waals surface area (Å²) in [6.07, 6.45) is 21.6. The molecule has 0 aliphatic rings. The Kier molecular flexibility index (Phi) is 17.9. The van der Waals surface area contributed by atoms with E-state index in [1.807, 2.05) is 6.07 Å². The third-order valence-electron chi connectivity index (χ3n) is 5.57. The van der Waals surface area contributed by atoms with Gasteiger partial charge in [-0.25, -0.2) is 0 Å². The summed E-state index contributed by atoms with van der Waals surface area (Å²) in [5.41, 5.74) is 0.545. The van der Waals surface area contributed by atoms with E-state index >= 15 is 0 Å². The number of benzene rings is 1. The Bertz CT molecular complexity index is 595. The molecule has 5 heteroatoms. The summed E-state index contributed by atoms with van der Waals surface area (Å²) < 4.78 is 12.8. The predicted molar refractivity (Wildman–Crippen MR) is 139 cm³/mol. The van der Waals surface area contributed by atoms with E-state index in [9.17, 15) is 7.86 Å². The van der Waals surface area contributed by atoms with Crippen molar-refractivity contribution >= 4 is 43.0 Å². The fraction of sp³-hybridized carbons (Fsp3) is 0.720. The average Bonchev–Trinajstić information content (AvgIpc) is 2.75. The molecule has 0 fully saturated rings. The summed E-state index contributed by atoms with van der Waals surface area (Å²) in [5, 5.41) is 2.97. The first kappa shape index (κ1) is 27.7. The van der Waals surface area contributed by atoms with Crippen LogP contribution in [0.1, 0.15) is 120 Å². The summed E-state index contributed by atoms with van der Waals surface area (Å²) in [7, 11) is 0. The first-order chi connectivity index (χ1) is 14.7. The van der Waals surface area contributed by atoms with E-state index in [1.165, 1.54) is 89.9 Å². The van der Waals surface area contributed by atoms with Gasteiger partial charge in [-0.3, -0.25) is 7.86 Å². The van der Waals surface area contributed by atoms with E-state index < -0.39 is 21.2 Å². The number of nitrogens with one attached hydrogen (secondary N) is 1. The van der Waals surface area contributed by atoms with Gasteiger partial charge in [0.1, 0.15) is 0 Å². The van der Waals surface area contributed by atoms with Gasteiger partial charge in [0.25, 0.3) is 5.91 Å². The molecule has 30 heavy (non-hydrogen) atoms. The van der Waals surface area contributed by atoms with Gasteiger partial charge in [0.15, 0.2) is 21.2 Å². The predicted octanol–water partition coefficient (Wildman–Crippen LogP) is 8.93. The molecule has 0 bridgehead atoms. The minimum Gasteiger partial charge on any atom is -0.352 e. The number of carbonyl (C=O) groups is 1. The lowest BCUT2D eigenvalue weighted by Crippen LogP contribution is -2.25. The number of halogens is 2. The van der Waals surface area contributed by atoms with Crippen molar-refractivity contribution < 1.29 is 7.86 Å². The van der Waals surface area contributed by atoms with Gasteiger partial charge in [-0.05, 0) is 24.6 Å². The van der Waals surface area contributed by atoms with Crippen LogP contribution in [0.4, 0.5) is 0 Å². The molecule has 1 N–H and O–H groups in total. The normalized spacial score (nSPS) is 11.0. The maximum Gasteiger partial charge on any atom is 0.252 e. The number of hydrogen-bond acceptors (Lipinski definition) is 2. The molecule has 3 nitrogen and oxygen atoms in total. The smallest absolute Gasteiger partial charge is 0.252 e. The lowest BCUT2D eigenvalue weighted by Gasteiger charge is -2.07. The van der Waals surface area contributed by atoms with Crippen LogP contribution < -0.4 is 5.32 Å². The third-order valence-corrected chi connectivity index (χ3v) is 7.48. The second-order valence-corrected chi connectivity index (χ2v) is 10.8. The average molecular weight is 594 g/mol. The highest BCUT2D eigenvalue weighted by Crippen LogP contribution is 2.21. The molecule has 0 saturated heterocycles. The summed E-state index contributed by atoms with van der Waals surface area (Å²) in [5.74, 6) is -0.109. The van der Waals surface area contributed by atoms with Crippen molar-refractivity contribution in [2.75, 3.05) is 6.54 Å². The zero-order valence-electron chi connectivity index (χ0n) is 18.8. The molecule has 1 amide bonds. The van der Waals surface area contributed by atoms with Crippen LogP contribution in [-0.4, -0.2) is 12.5 Å². The Morgan fingerprint density at radius 1 is 0.800 bits per heavy atom. The maximum absolute atomic E-state index is 12.3. The highest BCUT2D eigenvalue weighted by Gasteiger charge is 2.11. The van der Waals surface area contributed by atoms with Gasteiger partial charge >= 0.3 is 0 Å². The van der Waals surface area contributed by atoms with Crippen molar-refractivity contribution in [2.45, 2.75) is 110 Å². The van der Waals surface area contributed by atoms with Crippen molar-refractivity contribution in [3.8, 4) is 0 Å². The van der Waals surface area contributed by atoms with Crippen LogP contribution in [0.15, 0.2) is 22.7 Å². The first-order valence-corrected chi connectivity index (χ1v) is 14.8. The van der Waals surface area contributed by atoms with Gasteiger partial charge in [0.05, 0.1) is 9.13 Å². The Labute approximate surface area is 203 Å². The molecule has 0 aromatic heterocycles. The zero-order chi connectivity index (χ0) is 21.9. The van der Waals surface area contributed by atoms with E-state index in [1.54, 1.807) is 12.1 Å². The molecular formula is C25H41BrINO2. The Balaban J connectivity index is 1.89. The van der Waals surface area contributed by atoms with E-state index in [0.29, 0.717) is 15.7 Å². The molecule has 0 aliphatic carbocycles. The quantitative estimate of drug-likeness (QED) is 0.128. The van der Waals surface area contributed by atoms with Gasteiger partial charge in [0, 0.05) is 11.0 Å². The van der Waals surface area contributed by atoms with Gasteiger partial charge in [-0.15, -0.1) is 0 Å². The maximum atomic E-state index is 12.3. The summed E-state index contributed by atoms with van der Waals surface area (Å²) in [4.78, 5) is 12.3. The van der Waals surface area contributed by atoms with Crippen molar-refractivity contribution in [2.24, 2.45) is 0 Å². The monoisotopic (exact) mass is 593 g/mol. The molecule has 0 aliphatic heterocycles. The number of hydrogen-bond donors (Lipinski definition) is 1. The van der Waals surface area contributed by atoms with Crippen molar-refractivity contribution in [1.29, 1.82) is 0 Å². The van der Waals surface area contributed by atoms with Gasteiger partial charge < -0.3 is 5.32 Å². The Morgan fingerprint density at radius 2 is 1.27 bits per heavy atom. The van der Waals surface area contributed by atoms with Gasteiger partial charge in [-0.2, -0.15) is 0 Å². The molecule has 1 aromatic rings. The molecule has 0 atom stereocenters. The minimum absolute atomic E-state index is 0.109. The molecule has 0 radical (unpaired) electrons. The van der Waals surface area contributed by atoms with Crippen LogP contribution in [0.5, 0.6) is 0 Å². The highest BCUT2D eigenvalue weighted by molar-refractivity contribution is 14.1. The summed E-state index contributed by atoms with van der Waals surface area (Å²) in [6.45, 7) is 2.97. The summed E-state index contributed by atoms with van der Waals surface area (Å²) >= 11 is 2.05. The zero-order valence-corrected chi connectivity index (χ0v) is 22.6. The van der Waals surface area contributed by atoms with Crippen molar-refractivity contribution in [1.82, 2.24) is 5.32 Å². The molecule has 0 spiro atoms. The number of unbranched alkanes of at least 4 members (excludes halogenated alkanes) is 15. The molecule has 172 valence electrons. The van der Waals surface area contributed by atoms with Crippen LogP contribution in [0.3, 0.4) is 0 Å². The fourth-order valence-electron chi connectivity index (χ4n) is 3.71. The number of carbonyl (C=O) groups excluding carboxylic acids is 1. The number of rotatable bonds is 19. The second-order valence-electron chi connectivity index (χ2n) is 8.26. The van der Waals surface area contributed by atoms with Gasteiger partial charge in [0.2, 0.25) is 0 Å². The number of amides is 1. The molecule has 0 heterocycles. The minimum atomic E-state index is -1.33. The third kappa shape index (κ3) is 13.9. The standard InChI is InChI=1S/C25H41BrINO2/c1-2-3-4-5-6-7-8-9-10-11-12-13-14-15-16-17-20-28-25(29)23-21-22(26)18-19-24(23)27-30/h18-19,21H,2-17,20H2,1H3,(H,28,29). The van der Waals surface area contributed by atoms with Gasteiger partial charge in [-0.1, -0.05) is 119 Å². The Morgan fingerprint density at radius 3 is 1.73 bits per heavy atom. The molecular weight excluding hydrogens is 553 g/mol. The van der Waals surface area contributed by atoms with Crippen molar-refractivity contribution in [3.05, 3.63) is 31.8 Å². The van der Waals surface area contributed by atoms with E-state index in [0.717, 1.165) is 17.3 Å². The van der Waals surface area contributed by atoms with Crippen molar-refractivity contribution in [3.63, 3.8) is 0 Å². The second kappa shape index (κ2) is 19.4. The molecule has 0 saturated carbocycles. The highest BCUT2D eigenvalue weighted by atomic mass is 127. The van der Waals surface area contributed by atoms with E-state index in [2.05, 4.69) is 28.2 Å². The molecule has 1 rings (SSSR count).